The molecular formula is C15H10BrNO3. The second kappa shape index (κ2) is 4.76. The van der Waals surface area contributed by atoms with Crippen LogP contribution in [0.1, 0.15) is 10.4 Å². The van der Waals surface area contributed by atoms with E-state index < -0.39 is 5.97 Å². The van der Waals surface area contributed by atoms with Crippen molar-refractivity contribution in [1.29, 1.82) is 0 Å². The molecule has 0 amide bonds. The van der Waals surface area contributed by atoms with Gasteiger partial charge < -0.3 is 9.84 Å². The number of benzene rings is 2. The van der Waals surface area contributed by atoms with E-state index in [0.717, 1.165) is 4.47 Å². The Balaban J connectivity index is 2.53. The Morgan fingerprint density at radius 2 is 1.95 bits per heavy atom. The molecule has 3 aromatic rings. The number of nitrogens with zero attached hydrogens (tertiary/aromatic N) is 1. The highest BCUT2D eigenvalue weighted by Gasteiger charge is 2.17. The molecule has 0 aliphatic heterocycles. The number of aromatic nitrogens is 1. The van der Waals surface area contributed by atoms with Gasteiger partial charge in [-0.2, -0.15) is 0 Å². The number of rotatable bonds is 1. The maximum atomic E-state index is 12.1. The highest BCUT2D eigenvalue weighted by Crippen LogP contribution is 2.30. The van der Waals surface area contributed by atoms with Crippen molar-refractivity contribution in [2.75, 3.05) is 7.11 Å². The summed E-state index contributed by atoms with van der Waals surface area (Å²) in [6.07, 6.45) is 0. The van der Waals surface area contributed by atoms with Crippen LogP contribution in [0, 0.1) is 0 Å². The van der Waals surface area contributed by atoms with E-state index in [1.807, 2.05) is 18.2 Å². The highest BCUT2D eigenvalue weighted by atomic mass is 79.9. The van der Waals surface area contributed by atoms with Crippen LogP contribution in [0.15, 0.2) is 40.9 Å². The van der Waals surface area contributed by atoms with Crippen molar-refractivity contribution in [1.82, 2.24) is 4.98 Å². The third-order valence-corrected chi connectivity index (χ3v) is 3.60. The topological polar surface area (TPSA) is 59.4 Å². The molecule has 0 fully saturated rings. The number of phenolic OH excluding ortho intramolecular Hbond substituents is 1. The zero-order chi connectivity index (χ0) is 14.3. The predicted octanol–water partition coefficient (Wildman–Crippen LogP) is 3.64. The highest BCUT2D eigenvalue weighted by molar-refractivity contribution is 9.10. The van der Waals surface area contributed by atoms with Crippen LogP contribution in [0.2, 0.25) is 0 Å². The first-order chi connectivity index (χ1) is 9.60. The molecule has 0 unspecified atom stereocenters. The number of pyridine rings is 1. The van der Waals surface area contributed by atoms with E-state index in [4.69, 9.17) is 4.74 Å². The van der Waals surface area contributed by atoms with Crippen LogP contribution < -0.4 is 0 Å². The zero-order valence-corrected chi connectivity index (χ0v) is 12.1. The number of methoxy groups -OCH3 is 1. The first-order valence-corrected chi connectivity index (χ1v) is 6.70. The SMILES string of the molecule is COC(=O)c1c2ccc(O)cc2nc2ccc(Br)cc12. The Bertz CT molecular complexity index is 845. The fourth-order valence-electron chi connectivity index (χ4n) is 2.23. The third kappa shape index (κ3) is 2.00. The molecule has 1 N–H and O–H groups in total. The molecule has 1 heterocycles. The number of fused-ring (bicyclic) bond motifs is 2. The molecule has 0 saturated heterocycles. The van der Waals surface area contributed by atoms with Gasteiger partial charge in [-0.05, 0) is 30.3 Å². The van der Waals surface area contributed by atoms with Gasteiger partial charge in [-0.3, -0.25) is 0 Å². The standard InChI is InChI=1S/C15H10BrNO3/c1-20-15(19)14-10-4-3-9(18)7-13(10)17-12-5-2-8(16)6-11(12)14/h2-7,18H,1H3. The van der Waals surface area contributed by atoms with Gasteiger partial charge in [-0.15, -0.1) is 0 Å². The molecule has 0 radical (unpaired) electrons. The van der Waals surface area contributed by atoms with Crippen LogP contribution in [0.3, 0.4) is 0 Å². The lowest BCUT2D eigenvalue weighted by atomic mass is 10.0. The normalized spacial score (nSPS) is 10.9. The lowest BCUT2D eigenvalue weighted by molar-refractivity contribution is 0.0605. The Kier molecular flexibility index (Phi) is 3.06. The van der Waals surface area contributed by atoms with E-state index in [9.17, 15) is 9.90 Å². The summed E-state index contributed by atoms with van der Waals surface area (Å²) in [5.74, 6) is -0.316. The number of ether oxygens (including phenoxy) is 1. The molecule has 1 aromatic heterocycles. The second-order valence-corrected chi connectivity index (χ2v) is 5.26. The van der Waals surface area contributed by atoms with E-state index in [1.54, 1.807) is 6.07 Å². The quantitative estimate of drug-likeness (QED) is 0.546. The molecule has 5 heteroatoms. The number of hydrogen-bond donors (Lipinski definition) is 1. The second-order valence-electron chi connectivity index (χ2n) is 4.34. The lowest BCUT2D eigenvalue weighted by Crippen LogP contribution is -2.04. The summed E-state index contributed by atoms with van der Waals surface area (Å²) in [5.41, 5.74) is 1.68. The maximum absolute atomic E-state index is 12.1. The predicted molar refractivity (Wildman–Crippen MR) is 80.0 cm³/mol. The monoisotopic (exact) mass is 331 g/mol. The van der Waals surface area contributed by atoms with Gasteiger partial charge in [0.2, 0.25) is 0 Å². The minimum atomic E-state index is -0.425. The van der Waals surface area contributed by atoms with Crippen LogP contribution in [0.25, 0.3) is 21.8 Å². The Hall–Kier alpha value is -2.14. The van der Waals surface area contributed by atoms with Crippen LogP contribution >= 0.6 is 15.9 Å². The fourth-order valence-corrected chi connectivity index (χ4v) is 2.59. The molecule has 100 valence electrons. The van der Waals surface area contributed by atoms with E-state index in [2.05, 4.69) is 20.9 Å². The average molecular weight is 332 g/mol. The van der Waals surface area contributed by atoms with Gasteiger partial charge in [-0.1, -0.05) is 15.9 Å². The van der Waals surface area contributed by atoms with E-state index in [1.165, 1.54) is 19.2 Å². The summed E-state index contributed by atoms with van der Waals surface area (Å²) in [6, 6.07) is 10.2. The van der Waals surface area contributed by atoms with Gasteiger partial charge in [-0.25, -0.2) is 9.78 Å². The summed E-state index contributed by atoms with van der Waals surface area (Å²) in [6.45, 7) is 0. The number of hydrogen-bond acceptors (Lipinski definition) is 4. The third-order valence-electron chi connectivity index (χ3n) is 3.11. The van der Waals surface area contributed by atoms with Crippen molar-refractivity contribution in [3.63, 3.8) is 0 Å². The Labute approximate surface area is 123 Å². The van der Waals surface area contributed by atoms with Gasteiger partial charge in [0.15, 0.2) is 0 Å². The number of carbonyl (C=O) groups is 1. The van der Waals surface area contributed by atoms with Crippen molar-refractivity contribution in [3.05, 3.63) is 46.4 Å². The number of halogens is 1. The van der Waals surface area contributed by atoms with E-state index in [-0.39, 0.29) is 5.75 Å². The number of phenols is 1. The minimum Gasteiger partial charge on any atom is -0.508 e. The van der Waals surface area contributed by atoms with Gasteiger partial charge in [0.05, 0.1) is 23.7 Å². The molecule has 0 spiro atoms. The summed E-state index contributed by atoms with van der Waals surface area (Å²) in [7, 11) is 1.35. The molecule has 4 nitrogen and oxygen atoms in total. The van der Waals surface area contributed by atoms with Crippen molar-refractivity contribution in [3.8, 4) is 5.75 Å². The summed E-state index contributed by atoms with van der Waals surface area (Å²) in [5, 5.41) is 10.9. The molecule has 0 saturated carbocycles. The van der Waals surface area contributed by atoms with Crippen molar-refractivity contribution >= 4 is 43.7 Å². The molecular weight excluding hydrogens is 322 g/mol. The van der Waals surface area contributed by atoms with E-state index >= 15 is 0 Å². The zero-order valence-electron chi connectivity index (χ0n) is 10.6. The first kappa shape index (κ1) is 12.9. The average Bonchev–Trinajstić information content (AvgIpc) is 2.44. The van der Waals surface area contributed by atoms with Crippen molar-refractivity contribution < 1.29 is 14.6 Å². The Morgan fingerprint density at radius 3 is 2.70 bits per heavy atom. The minimum absolute atomic E-state index is 0.109. The molecule has 0 atom stereocenters. The van der Waals surface area contributed by atoms with Gasteiger partial charge in [0.25, 0.3) is 0 Å². The number of carbonyl (C=O) groups excluding carboxylic acids is 1. The van der Waals surface area contributed by atoms with Crippen LogP contribution in [0.4, 0.5) is 0 Å². The smallest absolute Gasteiger partial charge is 0.339 e. The maximum Gasteiger partial charge on any atom is 0.339 e. The van der Waals surface area contributed by atoms with Gasteiger partial charge in [0, 0.05) is 21.3 Å². The molecule has 20 heavy (non-hydrogen) atoms. The Morgan fingerprint density at radius 1 is 1.15 bits per heavy atom. The van der Waals surface area contributed by atoms with Gasteiger partial charge in [0.1, 0.15) is 5.75 Å². The molecule has 0 bridgehead atoms. The molecule has 3 rings (SSSR count). The summed E-state index contributed by atoms with van der Waals surface area (Å²) < 4.78 is 5.73. The van der Waals surface area contributed by atoms with Crippen LogP contribution in [-0.4, -0.2) is 23.2 Å². The van der Waals surface area contributed by atoms with Gasteiger partial charge >= 0.3 is 5.97 Å². The number of aromatic hydroxyl groups is 1. The molecule has 0 aliphatic rings. The van der Waals surface area contributed by atoms with Crippen LogP contribution in [-0.2, 0) is 4.74 Å². The summed E-state index contributed by atoms with van der Waals surface area (Å²) >= 11 is 3.39. The van der Waals surface area contributed by atoms with E-state index in [0.29, 0.717) is 27.4 Å². The first-order valence-electron chi connectivity index (χ1n) is 5.90. The molecule has 2 aromatic carbocycles. The molecule has 0 aliphatic carbocycles. The lowest BCUT2D eigenvalue weighted by Gasteiger charge is -2.09. The number of esters is 1. The largest absolute Gasteiger partial charge is 0.508 e. The fraction of sp³-hybridized carbons (Fsp3) is 0.0667. The van der Waals surface area contributed by atoms with Crippen LogP contribution in [0.5, 0.6) is 5.75 Å². The van der Waals surface area contributed by atoms with Crippen molar-refractivity contribution in [2.45, 2.75) is 0 Å². The van der Waals surface area contributed by atoms with Crippen molar-refractivity contribution in [2.24, 2.45) is 0 Å². The summed E-state index contributed by atoms with van der Waals surface area (Å²) in [4.78, 5) is 16.6.